The zero-order chi connectivity index (χ0) is 53.6. The topological polar surface area (TPSA) is 149 Å². The van der Waals surface area contributed by atoms with Gasteiger partial charge in [0.15, 0.2) is 6.29 Å². The number of hydrogen-bond acceptors (Lipinski definition) is 8. The summed E-state index contributed by atoms with van der Waals surface area (Å²) >= 11 is 0. The molecule has 1 heterocycles. The van der Waals surface area contributed by atoms with Gasteiger partial charge in [0.05, 0.1) is 25.4 Å². The summed E-state index contributed by atoms with van der Waals surface area (Å²) in [4.78, 5) is 13.1. The van der Waals surface area contributed by atoms with E-state index in [1.165, 1.54) is 238 Å². The van der Waals surface area contributed by atoms with Gasteiger partial charge in [-0.1, -0.05) is 294 Å². The maximum atomic E-state index is 13.1. The van der Waals surface area contributed by atoms with E-state index < -0.39 is 49.5 Å². The Bertz CT molecular complexity index is 1260. The third-order valence-corrected chi connectivity index (χ3v) is 15.5. The standard InChI is InChI=1S/C65H123NO8/c1-3-5-7-9-11-13-15-17-19-21-23-24-25-26-27-28-29-30-31-32-33-34-35-36-37-38-40-42-44-46-48-50-52-54-59(68)58(57-73-65-64(72)63(71)62(70)60(56-67)74-65)66-61(69)55-53-51-49-47-45-43-41-39-22-20-18-16-14-12-10-8-6-4-2/h14,16,20,22,52,54,58-60,62-65,67-68,70-72H,3-13,15,17-19,21,23-51,53,55-57H2,1-2H3,(H,66,69)/b16-14-,22-20-,54-52+. The van der Waals surface area contributed by atoms with Gasteiger partial charge in [-0.25, -0.2) is 0 Å². The third-order valence-electron chi connectivity index (χ3n) is 15.5. The van der Waals surface area contributed by atoms with Gasteiger partial charge in [0.1, 0.15) is 24.4 Å². The van der Waals surface area contributed by atoms with Gasteiger partial charge in [-0.3, -0.25) is 4.79 Å². The summed E-state index contributed by atoms with van der Waals surface area (Å²) in [5.74, 6) is -0.181. The highest BCUT2D eigenvalue weighted by Gasteiger charge is 2.44. The fourth-order valence-corrected chi connectivity index (χ4v) is 10.4. The molecule has 0 bridgehead atoms. The number of amides is 1. The van der Waals surface area contributed by atoms with Gasteiger partial charge in [-0.15, -0.1) is 0 Å². The molecular formula is C65H123NO8. The van der Waals surface area contributed by atoms with Crippen LogP contribution in [0.2, 0.25) is 0 Å². The van der Waals surface area contributed by atoms with E-state index in [4.69, 9.17) is 9.47 Å². The van der Waals surface area contributed by atoms with Gasteiger partial charge >= 0.3 is 0 Å². The van der Waals surface area contributed by atoms with Crippen molar-refractivity contribution < 1.29 is 39.8 Å². The first-order chi connectivity index (χ1) is 36.3. The number of carbonyl (C=O) groups is 1. The van der Waals surface area contributed by atoms with Crippen molar-refractivity contribution in [3.63, 3.8) is 0 Å². The lowest BCUT2D eigenvalue weighted by atomic mass is 9.99. The van der Waals surface area contributed by atoms with Crippen LogP contribution in [0.5, 0.6) is 0 Å². The third kappa shape index (κ3) is 43.4. The van der Waals surface area contributed by atoms with Gasteiger partial charge < -0.3 is 40.3 Å². The second-order valence-corrected chi connectivity index (χ2v) is 22.6. The highest BCUT2D eigenvalue weighted by molar-refractivity contribution is 5.76. The first kappa shape index (κ1) is 70.4. The number of nitrogens with one attached hydrogen (secondary N) is 1. The monoisotopic (exact) mass is 1050 g/mol. The van der Waals surface area contributed by atoms with Crippen LogP contribution in [0.1, 0.15) is 316 Å². The van der Waals surface area contributed by atoms with Crippen molar-refractivity contribution >= 4 is 5.91 Å². The molecule has 74 heavy (non-hydrogen) atoms. The molecule has 1 fully saturated rings. The zero-order valence-corrected chi connectivity index (χ0v) is 48.6. The van der Waals surface area contributed by atoms with Crippen LogP contribution in [0.25, 0.3) is 0 Å². The summed E-state index contributed by atoms with van der Waals surface area (Å²) in [6, 6.07) is -0.810. The minimum Gasteiger partial charge on any atom is -0.394 e. The Balaban J connectivity index is 2.13. The summed E-state index contributed by atoms with van der Waals surface area (Å²) in [6.07, 6.45) is 65.2. The van der Waals surface area contributed by atoms with Crippen molar-refractivity contribution in [1.82, 2.24) is 5.32 Å². The van der Waals surface area contributed by atoms with Crippen molar-refractivity contribution in [2.45, 2.75) is 358 Å². The fourth-order valence-electron chi connectivity index (χ4n) is 10.4. The highest BCUT2D eigenvalue weighted by atomic mass is 16.7. The molecular weight excluding hydrogens is 923 g/mol. The van der Waals surface area contributed by atoms with Crippen molar-refractivity contribution in [1.29, 1.82) is 0 Å². The molecule has 0 aliphatic carbocycles. The van der Waals surface area contributed by atoms with Crippen LogP contribution in [0, 0.1) is 0 Å². The molecule has 7 unspecified atom stereocenters. The van der Waals surface area contributed by atoms with Gasteiger partial charge in [0, 0.05) is 6.42 Å². The quantitative estimate of drug-likeness (QED) is 0.0261. The molecule has 9 heteroatoms. The predicted molar refractivity (Wildman–Crippen MR) is 313 cm³/mol. The molecule has 0 aromatic rings. The maximum absolute atomic E-state index is 13.1. The van der Waals surface area contributed by atoms with E-state index in [1.54, 1.807) is 6.08 Å². The molecule has 6 N–H and O–H groups in total. The molecule has 7 atom stereocenters. The number of rotatable bonds is 56. The van der Waals surface area contributed by atoms with E-state index in [2.05, 4.69) is 43.5 Å². The molecule has 0 saturated carbocycles. The van der Waals surface area contributed by atoms with E-state index in [1.807, 2.05) is 6.08 Å². The molecule has 1 aliphatic rings. The highest BCUT2D eigenvalue weighted by Crippen LogP contribution is 2.23. The number of carbonyl (C=O) groups excluding carboxylic acids is 1. The maximum Gasteiger partial charge on any atom is 0.220 e. The molecule has 1 amide bonds. The van der Waals surface area contributed by atoms with Gasteiger partial charge in [0.2, 0.25) is 5.91 Å². The predicted octanol–water partition coefficient (Wildman–Crippen LogP) is 16.7. The van der Waals surface area contributed by atoms with Crippen molar-refractivity contribution in [2.75, 3.05) is 13.2 Å². The van der Waals surface area contributed by atoms with Crippen LogP contribution in [0.4, 0.5) is 0 Å². The van der Waals surface area contributed by atoms with Crippen LogP contribution < -0.4 is 5.32 Å². The first-order valence-electron chi connectivity index (χ1n) is 32.2. The largest absolute Gasteiger partial charge is 0.394 e. The smallest absolute Gasteiger partial charge is 0.220 e. The summed E-state index contributed by atoms with van der Waals surface area (Å²) in [5, 5.41) is 54.6. The average molecular weight is 1050 g/mol. The second-order valence-electron chi connectivity index (χ2n) is 22.6. The number of ether oxygens (including phenoxy) is 2. The molecule has 0 spiro atoms. The van der Waals surface area contributed by atoms with E-state index in [0.717, 1.165) is 57.8 Å². The lowest BCUT2D eigenvalue weighted by molar-refractivity contribution is -0.302. The minimum absolute atomic E-state index is 0.181. The average Bonchev–Trinajstić information content (AvgIpc) is 3.40. The Hall–Kier alpha value is -1.59. The molecule has 436 valence electrons. The van der Waals surface area contributed by atoms with Crippen molar-refractivity contribution in [2.24, 2.45) is 0 Å². The Morgan fingerprint density at radius 1 is 0.459 bits per heavy atom. The van der Waals surface area contributed by atoms with Crippen LogP contribution in [-0.4, -0.2) is 87.5 Å². The number of aliphatic hydroxyl groups is 5. The van der Waals surface area contributed by atoms with Gasteiger partial charge in [0.25, 0.3) is 0 Å². The summed E-state index contributed by atoms with van der Waals surface area (Å²) in [6.45, 7) is 3.79. The molecule has 0 radical (unpaired) electrons. The zero-order valence-electron chi connectivity index (χ0n) is 48.6. The van der Waals surface area contributed by atoms with Gasteiger partial charge in [-0.05, 0) is 51.4 Å². The van der Waals surface area contributed by atoms with Crippen LogP contribution in [-0.2, 0) is 14.3 Å². The molecule has 1 saturated heterocycles. The number of aliphatic hydroxyl groups excluding tert-OH is 5. The van der Waals surface area contributed by atoms with Crippen molar-refractivity contribution in [3.8, 4) is 0 Å². The number of hydrogen-bond donors (Lipinski definition) is 6. The Morgan fingerprint density at radius 2 is 0.797 bits per heavy atom. The van der Waals surface area contributed by atoms with Crippen LogP contribution in [0.15, 0.2) is 36.5 Å². The summed E-state index contributed by atoms with van der Waals surface area (Å²) in [7, 11) is 0. The Morgan fingerprint density at radius 3 is 1.18 bits per heavy atom. The number of unbranched alkanes of at least 4 members (excludes halogenated alkanes) is 42. The molecule has 0 aromatic carbocycles. The van der Waals surface area contributed by atoms with E-state index >= 15 is 0 Å². The second kappa shape index (κ2) is 54.8. The van der Waals surface area contributed by atoms with Crippen LogP contribution >= 0.6 is 0 Å². The van der Waals surface area contributed by atoms with E-state index in [9.17, 15) is 30.3 Å². The Labute approximate surface area is 457 Å². The van der Waals surface area contributed by atoms with Crippen LogP contribution in [0.3, 0.4) is 0 Å². The Kier molecular flexibility index (Phi) is 52.1. The van der Waals surface area contributed by atoms with E-state index in [-0.39, 0.29) is 12.5 Å². The summed E-state index contributed by atoms with van der Waals surface area (Å²) < 4.78 is 11.3. The number of allylic oxidation sites excluding steroid dienone is 5. The summed E-state index contributed by atoms with van der Waals surface area (Å²) in [5.41, 5.74) is 0. The molecule has 1 rings (SSSR count). The lowest BCUT2D eigenvalue weighted by Crippen LogP contribution is -2.60. The van der Waals surface area contributed by atoms with Gasteiger partial charge in [-0.2, -0.15) is 0 Å². The molecule has 1 aliphatic heterocycles. The molecule has 9 nitrogen and oxygen atoms in total. The SMILES string of the molecule is CCCCCC/C=C\C/C=C\CCCCCCCCCC(=O)NC(COC1OC(CO)C(O)C(O)C1O)C(O)/C=C/CCCCCCCCCCCCCCCCCCCCCCCCCCCCCCCCC. The normalized spacial score (nSPS) is 19.1. The minimum atomic E-state index is -1.57. The first-order valence-corrected chi connectivity index (χ1v) is 32.2. The van der Waals surface area contributed by atoms with E-state index in [0.29, 0.717) is 6.42 Å². The van der Waals surface area contributed by atoms with Crippen molar-refractivity contribution in [3.05, 3.63) is 36.5 Å². The fraction of sp³-hybridized carbons (Fsp3) is 0.892. The molecule has 0 aromatic heterocycles. The lowest BCUT2D eigenvalue weighted by Gasteiger charge is -2.40.